The molecule has 6 nitrogen and oxygen atoms in total. The largest absolute Gasteiger partial charge is 0.545 e. The van der Waals surface area contributed by atoms with Crippen LogP contribution in [0.25, 0.3) is 0 Å². The standard InChI is InChI=1S/C16H15NO5/c1-21-13-7-11(8-14(9-13)22-2)15(18)17-12-5-3-4-10(6-12)16(19)20/h3-9H,1-2H3,(H,17,18)(H,19,20)/p-1. The first kappa shape index (κ1) is 15.4. The zero-order valence-electron chi connectivity index (χ0n) is 12.1. The molecule has 0 saturated heterocycles. The number of carbonyl (C=O) groups excluding carboxylic acids is 2. The second-order valence-electron chi connectivity index (χ2n) is 4.42. The minimum Gasteiger partial charge on any atom is -0.545 e. The Kier molecular flexibility index (Phi) is 4.63. The third kappa shape index (κ3) is 3.54. The predicted octanol–water partition coefficient (Wildman–Crippen LogP) is 1.32. The fourth-order valence-electron chi connectivity index (χ4n) is 1.87. The van der Waals surface area contributed by atoms with E-state index in [4.69, 9.17) is 9.47 Å². The number of aromatic carboxylic acids is 1. The maximum Gasteiger partial charge on any atom is 0.255 e. The van der Waals surface area contributed by atoms with E-state index in [0.29, 0.717) is 22.7 Å². The lowest BCUT2D eigenvalue weighted by Crippen LogP contribution is -2.22. The van der Waals surface area contributed by atoms with E-state index in [1.807, 2.05) is 0 Å². The van der Waals surface area contributed by atoms with Gasteiger partial charge in [-0.15, -0.1) is 0 Å². The van der Waals surface area contributed by atoms with Crippen molar-refractivity contribution in [2.45, 2.75) is 0 Å². The molecule has 0 saturated carbocycles. The van der Waals surface area contributed by atoms with Crippen LogP contribution in [0.3, 0.4) is 0 Å². The molecule has 0 spiro atoms. The van der Waals surface area contributed by atoms with Crippen molar-refractivity contribution in [2.75, 3.05) is 19.5 Å². The van der Waals surface area contributed by atoms with Gasteiger partial charge in [-0.25, -0.2) is 0 Å². The van der Waals surface area contributed by atoms with Crippen molar-refractivity contribution in [3.05, 3.63) is 53.6 Å². The number of amides is 1. The molecule has 0 atom stereocenters. The Morgan fingerprint density at radius 3 is 2.14 bits per heavy atom. The van der Waals surface area contributed by atoms with Crippen LogP contribution in [0.15, 0.2) is 42.5 Å². The van der Waals surface area contributed by atoms with Crippen LogP contribution < -0.4 is 19.9 Å². The Bertz CT molecular complexity index is 689. The molecule has 2 rings (SSSR count). The number of carboxylic acids is 1. The summed E-state index contributed by atoms with van der Waals surface area (Å²) in [6.07, 6.45) is 0. The lowest BCUT2D eigenvalue weighted by molar-refractivity contribution is -0.255. The normalized spacial score (nSPS) is 9.91. The molecule has 2 aromatic carbocycles. The molecule has 2 aromatic rings. The number of hydrogen-bond donors (Lipinski definition) is 1. The average Bonchev–Trinajstić information content (AvgIpc) is 2.54. The van der Waals surface area contributed by atoms with Crippen LogP contribution in [-0.4, -0.2) is 26.1 Å². The van der Waals surface area contributed by atoms with E-state index >= 15 is 0 Å². The van der Waals surface area contributed by atoms with Crippen LogP contribution in [-0.2, 0) is 0 Å². The summed E-state index contributed by atoms with van der Waals surface area (Å²) in [6.45, 7) is 0. The molecule has 0 aromatic heterocycles. The average molecular weight is 300 g/mol. The van der Waals surface area contributed by atoms with Crippen molar-refractivity contribution < 1.29 is 24.2 Å². The molecule has 0 aliphatic rings. The van der Waals surface area contributed by atoms with E-state index in [1.165, 1.54) is 32.4 Å². The minimum atomic E-state index is -1.31. The summed E-state index contributed by atoms with van der Waals surface area (Å²) in [5.41, 5.74) is 0.671. The van der Waals surface area contributed by atoms with Gasteiger partial charge in [0.15, 0.2) is 0 Å². The number of carboxylic acid groups (broad SMARTS) is 1. The van der Waals surface area contributed by atoms with Crippen LogP contribution >= 0.6 is 0 Å². The summed E-state index contributed by atoms with van der Waals surface area (Å²) in [5, 5.41) is 13.4. The van der Waals surface area contributed by atoms with E-state index in [1.54, 1.807) is 24.3 Å². The third-order valence-electron chi connectivity index (χ3n) is 2.97. The molecule has 22 heavy (non-hydrogen) atoms. The van der Waals surface area contributed by atoms with Gasteiger partial charge in [0.05, 0.1) is 20.2 Å². The molecule has 1 N–H and O–H groups in total. The number of benzene rings is 2. The summed E-state index contributed by atoms with van der Waals surface area (Å²) in [6, 6.07) is 10.6. The highest BCUT2D eigenvalue weighted by Crippen LogP contribution is 2.23. The fraction of sp³-hybridized carbons (Fsp3) is 0.125. The summed E-state index contributed by atoms with van der Waals surface area (Å²) >= 11 is 0. The fourth-order valence-corrected chi connectivity index (χ4v) is 1.87. The zero-order valence-corrected chi connectivity index (χ0v) is 12.1. The number of ether oxygens (including phenoxy) is 2. The molecular weight excluding hydrogens is 286 g/mol. The number of nitrogens with one attached hydrogen (secondary N) is 1. The molecule has 0 unspecified atom stereocenters. The first-order valence-electron chi connectivity index (χ1n) is 6.39. The molecule has 0 aliphatic carbocycles. The van der Waals surface area contributed by atoms with Gasteiger partial charge in [-0.3, -0.25) is 4.79 Å². The lowest BCUT2D eigenvalue weighted by atomic mass is 10.1. The Hall–Kier alpha value is -3.02. The van der Waals surface area contributed by atoms with Crippen LogP contribution in [0.5, 0.6) is 11.5 Å². The highest BCUT2D eigenvalue weighted by Gasteiger charge is 2.10. The second kappa shape index (κ2) is 6.62. The Morgan fingerprint density at radius 1 is 0.955 bits per heavy atom. The van der Waals surface area contributed by atoms with E-state index in [2.05, 4.69) is 5.32 Å². The molecule has 0 bridgehead atoms. The predicted molar refractivity (Wildman–Crippen MR) is 78.3 cm³/mol. The zero-order chi connectivity index (χ0) is 16.1. The van der Waals surface area contributed by atoms with Gasteiger partial charge >= 0.3 is 0 Å². The van der Waals surface area contributed by atoms with Crippen LogP contribution in [0.1, 0.15) is 20.7 Å². The molecule has 0 radical (unpaired) electrons. The van der Waals surface area contributed by atoms with Crippen molar-refractivity contribution in [1.82, 2.24) is 0 Å². The van der Waals surface area contributed by atoms with Gasteiger partial charge in [-0.05, 0) is 29.8 Å². The molecule has 0 fully saturated rings. The number of rotatable bonds is 5. The van der Waals surface area contributed by atoms with Crippen molar-refractivity contribution in [3.8, 4) is 11.5 Å². The van der Waals surface area contributed by atoms with Gasteiger partial charge in [-0.1, -0.05) is 12.1 Å². The van der Waals surface area contributed by atoms with Gasteiger partial charge in [0.25, 0.3) is 5.91 Å². The second-order valence-corrected chi connectivity index (χ2v) is 4.42. The maximum absolute atomic E-state index is 12.2. The molecule has 0 aliphatic heterocycles. The molecule has 6 heteroatoms. The highest BCUT2D eigenvalue weighted by atomic mass is 16.5. The van der Waals surface area contributed by atoms with E-state index in [0.717, 1.165) is 0 Å². The number of carbonyl (C=O) groups is 2. The van der Waals surface area contributed by atoms with Crippen molar-refractivity contribution in [2.24, 2.45) is 0 Å². The molecule has 0 heterocycles. The van der Waals surface area contributed by atoms with Gasteiger partial charge in [0.2, 0.25) is 0 Å². The summed E-state index contributed by atoms with van der Waals surface area (Å²) < 4.78 is 10.2. The summed E-state index contributed by atoms with van der Waals surface area (Å²) in [5.74, 6) is -0.757. The Morgan fingerprint density at radius 2 is 1.59 bits per heavy atom. The first-order valence-corrected chi connectivity index (χ1v) is 6.39. The lowest BCUT2D eigenvalue weighted by Gasteiger charge is -2.10. The van der Waals surface area contributed by atoms with Gasteiger partial charge < -0.3 is 24.7 Å². The smallest absolute Gasteiger partial charge is 0.255 e. The number of methoxy groups -OCH3 is 2. The minimum absolute atomic E-state index is 0.0129. The quantitative estimate of drug-likeness (QED) is 0.899. The number of anilines is 1. The Labute approximate surface area is 127 Å². The van der Waals surface area contributed by atoms with E-state index < -0.39 is 11.9 Å². The number of hydrogen-bond acceptors (Lipinski definition) is 5. The van der Waals surface area contributed by atoms with Gasteiger partial charge in [0.1, 0.15) is 11.5 Å². The highest BCUT2D eigenvalue weighted by molar-refractivity contribution is 6.05. The van der Waals surface area contributed by atoms with E-state index in [9.17, 15) is 14.7 Å². The topological polar surface area (TPSA) is 87.7 Å². The van der Waals surface area contributed by atoms with Crippen LogP contribution in [0.2, 0.25) is 0 Å². The van der Waals surface area contributed by atoms with Crippen molar-refractivity contribution >= 4 is 17.6 Å². The van der Waals surface area contributed by atoms with Crippen LogP contribution in [0.4, 0.5) is 5.69 Å². The van der Waals surface area contributed by atoms with E-state index in [-0.39, 0.29) is 5.56 Å². The Balaban J connectivity index is 2.25. The molecule has 114 valence electrons. The first-order chi connectivity index (χ1) is 10.5. The van der Waals surface area contributed by atoms with Crippen molar-refractivity contribution in [3.63, 3.8) is 0 Å². The summed E-state index contributed by atoms with van der Waals surface area (Å²) in [4.78, 5) is 23.1. The molecule has 1 amide bonds. The monoisotopic (exact) mass is 300 g/mol. The SMILES string of the molecule is COc1cc(OC)cc(C(=O)Nc2cccc(C(=O)[O-])c2)c1. The van der Waals surface area contributed by atoms with Gasteiger partial charge in [-0.2, -0.15) is 0 Å². The summed E-state index contributed by atoms with van der Waals surface area (Å²) in [7, 11) is 2.97. The van der Waals surface area contributed by atoms with Crippen molar-refractivity contribution in [1.29, 1.82) is 0 Å². The third-order valence-corrected chi connectivity index (χ3v) is 2.97. The molecular formula is C16H14NO5-. The maximum atomic E-state index is 12.2. The van der Waals surface area contributed by atoms with Gasteiger partial charge in [0, 0.05) is 17.3 Å². The van der Waals surface area contributed by atoms with Crippen LogP contribution in [0, 0.1) is 0 Å².